The number of rotatable bonds is 12. The monoisotopic (exact) mass is 559 g/mol. The molecule has 1 unspecified atom stereocenters. The van der Waals surface area contributed by atoms with E-state index in [-0.39, 0.29) is 47.2 Å². The van der Waals surface area contributed by atoms with Crippen molar-refractivity contribution in [1.29, 1.82) is 0 Å². The largest absolute Gasteiger partial charge is 0.489 e. The molecule has 0 aliphatic heterocycles. The van der Waals surface area contributed by atoms with Crippen molar-refractivity contribution >= 4 is 12.0 Å². The molecule has 11 nitrogen and oxygen atoms in total. The quantitative estimate of drug-likeness (QED) is 0.311. The van der Waals surface area contributed by atoms with Crippen LogP contribution < -0.4 is 20.5 Å². The summed E-state index contributed by atoms with van der Waals surface area (Å²) in [5.74, 6) is -0.0259. The summed E-state index contributed by atoms with van der Waals surface area (Å²) in [4.78, 5) is 37.6. The van der Waals surface area contributed by atoms with Gasteiger partial charge in [-0.3, -0.25) is 4.79 Å². The van der Waals surface area contributed by atoms with Crippen molar-refractivity contribution in [2.45, 2.75) is 59.3 Å². The minimum atomic E-state index is -3.05. The van der Waals surface area contributed by atoms with Crippen LogP contribution in [0.15, 0.2) is 41.1 Å². The predicted molar refractivity (Wildman–Crippen MR) is 137 cm³/mol. The third-order valence-electron chi connectivity index (χ3n) is 5.82. The Labute approximate surface area is 229 Å². The number of oxazole rings is 1. The Morgan fingerprint density at radius 2 is 1.90 bits per heavy atom. The lowest BCUT2D eigenvalue weighted by atomic mass is 9.88. The number of alkyl halides is 2. The standard InChI is InChI=1S/C27H31F2N5O6/c1-27(2,3)12-19(39-26(30)36)22-21(23(35)33-13-20-31-9-4-10-32-20)34-24(40-22)16-7-8-17(38-25(28)29)18(11-16)37-14-15-5-6-15/h4,7-11,15,19,25H,5-6,12-14H2,1-3H3,(H2,30,36)(H,33,35). The summed E-state index contributed by atoms with van der Waals surface area (Å²) in [6, 6.07) is 5.85. The smallest absolute Gasteiger partial charge is 0.405 e. The van der Waals surface area contributed by atoms with Crippen LogP contribution in [0.3, 0.4) is 0 Å². The Bertz CT molecular complexity index is 1320. The van der Waals surface area contributed by atoms with Gasteiger partial charge in [-0.1, -0.05) is 20.8 Å². The molecule has 2 amide bonds. The molecule has 0 spiro atoms. The van der Waals surface area contributed by atoms with Gasteiger partial charge in [0.05, 0.1) is 13.2 Å². The van der Waals surface area contributed by atoms with Crippen LogP contribution in [-0.2, 0) is 11.3 Å². The summed E-state index contributed by atoms with van der Waals surface area (Å²) in [7, 11) is 0. The number of benzene rings is 1. The van der Waals surface area contributed by atoms with Crippen molar-refractivity contribution in [3.05, 3.63) is 53.9 Å². The molecule has 2 aromatic heterocycles. The Kier molecular flexibility index (Phi) is 8.80. The zero-order chi connectivity index (χ0) is 28.9. The van der Waals surface area contributed by atoms with Crippen LogP contribution in [0.4, 0.5) is 13.6 Å². The number of ether oxygens (including phenoxy) is 3. The van der Waals surface area contributed by atoms with Gasteiger partial charge in [0.15, 0.2) is 29.1 Å². The number of amides is 2. The normalized spacial score (nSPS) is 14.1. The highest BCUT2D eigenvalue weighted by Crippen LogP contribution is 2.39. The lowest BCUT2D eigenvalue weighted by molar-refractivity contribution is -0.0515. The second kappa shape index (κ2) is 12.3. The highest BCUT2D eigenvalue weighted by molar-refractivity contribution is 5.94. The number of halogens is 2. The van der Waals surface area contributed by atoms with Crippen molar-refractivity contribution in [2.24, 2.45) is 17.1 Å². The molecule has 3 N–H and O–H groups in total. The molecule has 3 aromatic rings. The first kappa shape index (κ1) is 28.7. The second-order valence-corrected chi connectivity index (χ2v) is 10.6. The van der Waals surface area contributed by atoms with Crippen LogP contribution >= 0.6 is 0 Å². The molecular formula is C27H31F2N5O6. The minimum Gasteiger partial charge on any atom is -0.489 e. The minimum absolute atomic E-state index is 0.000734. The van der Waals surface area contributed by atoms with Gasteiger partial charge in [0.1, 0.15) is 5.82 Å². The van der Waals surface area contributed by atoms with Gasteiger partial charge in [0.2, 0.25) is 5.89 Å². The van der Waals surface area contributed by atoms with Crippen molar-refractivity contribution in [3.63, 3.8) is 0 Å². The van der Waals surface area contributed by atoms with Crippen LogP contribution in [0.5, 0.6) is 11.5 Å². The summed E-state index contributed by atoms with van der Waals surface area (Å²) in [5.41, 5.74) is 5.15. The first-order valence-corrected chi connectivity index (χ1v) is 12.7. The molecule has 2 heterocycles. The molecule has 1 atom stereocenters. The number of nitrogens with zero attached hydrogens (tertiary/aromatic N) is 3. The fourth-order valence-electron chi connectivity index (χ4n) is 3.82. The Morgan fingerprint density at radius 1 is 1.18 bits per heavy atom. The average molecular weight is 560 g/mol. The molecule has 1 aromatic carbocycles. The molecule has 1 fully saturated rings. The van der Waals surface area contributed by atoms with Gasteiger partial charge in [-0.25, -0.2) is 19.7 Å². The van der Waals surface area contributed by atoms with E-state index >= 15 is 0 Å². The van der Waals surface area contributed by atoms with E-state index in [0.29, 0.717) is 23.9 Å². The van der Waals surface area contributed by atoms with Gasteiger partial charge < -0.3 is 29.7 Å². The third-order valence-corrected chi connectivity index (χ3v) is 5.82. The van der Waals surface area contributed by atoms with Crippen molar-refractivity contribution in [3.8, 4) is 23.0 Å². The maximum atomic E-state index is 13.3. The van der Waals surface area contributed by atoms with Crippen molar-refractivity contribution in [2.75, 3.05) is 6.61 Å². The first-order chi connectivity index (χ1) is 19.0. The van der Waals surface area contributed by atoms with Gasteiger partial charge in [0.25, 0.3) is 5.91 Å². The van der Waals surface area contributed by atoms with E-state index in [1.807, 2.05) is 20.8 Å². The zero-order valence-corrected chi connectivity index (χ0v) is 22.4. The van der Waals surface area contributed by atoms with Gasteiger partial charge in [-0.05, 0) is 54.9 Å². The Hall–Kier alpha value is -4.29. The number of nitrogens with two attached hydrogens (primary N) is 1. The topological polar surface area (TPSA) is 152 Å². The van der Waals surface area contributed by atoms with Gasteiger partial charge in [-0.15, -0.1) is 0 Å². The number of hydrogen-bond donors (Lipinski definition) is 2. The van der Waals surface area contributed by atoms with Crippen LogP contribution in [0.2, 0.25) is 0 Å². The van der Waals surface area contributed by atoms with Gasteiger partial charge >= 0.3 is 12.7 Å². The fraction of sp³-hybridized carbons (Fsp3) is 0.444. The number of carbonyl (C=O) groups excluding carboxylic acids is 2. The maximum absolute atomic E-state index is 13.3. The van der Waals surface area contributed by atoms with Crippen molar-refractivity contribution < 1.29 is 37.0 Å². The predicted octanol–water partition coefficient (Wildman–Crippen LogP) is 5.02. The van der Waals surface area contributed by atoms with Gasteiger partial charge in [0, 0.05) is 18.0 Å². The van der Waals surface area contributed by atoms with Crippen LogP contribution in [0.25, 0.3) is 11.5 Å². The van der Waals surface area contributed by atoms with E-state index in [0.717, 1.165) is 12.8 Å². The Morgan fingerprint density at radius 3 is 2.52 bits per heavy atom. The summed E-state index contributed by atoms with van der Waals surface area (Å²) < 4.78 is 47.7. The molecule has 40 heavy (non-hydrogen) atoms. The summed E-state index contributed by atoms with van der Waals surface area (Å²) >= 11 is 0. The molecule has 1 aliphatic carbocycles. The number of primary amides is 1. The maximum Gasteiger partial charge on any atom is 0.405 e. The number of nitrogens with one attached hydrogen (secondary N) is 1. The molecule has 1 aliphatic rings. The van der Waals surface area contributed by atoms with Crippen LogP contribution in [-0.4, -0.2) is 40.2 Å². The van der Waals surface area contributed by atoms with E-state index in [4.69, 9.17) is 19.6 Å². The summed E-state index contributed by atoms with van der Waals surface area (Å²) in [5, 5.41) is 2.69. The van der Waals surface area contributed by atoms with E-state index in [1.54, 1.807) is 18.5 Å². The first-order valence-electron chi connectivity index (χ1n) is 12.7. The molecular weight excluding hydrogens is 528 g/mol. The molecule has 13 heteroatoms. The van der Waals surface area contributed by atoms with Crippen LogP contribution in [0, 0.1) is 11.3 Å². The molecule has 0 saturated heterocycles. The van der Waals surface area contributed by atoms with E-state index in [9.17, 15) is 18.4 Å². The molecule has 0 bridgehead atoms. The zero-order valence-electron chi connectivity index (χ0n) is 22.4. The SMILES string of the molecule is CC(C)(C)CC(OC(N)=O)c1oc(-c2ccc(OC(F)F)c(OCC3CC3)c2)nc1C(=O)NCc1ncccn1. The van der Waals surface area contributed by atoms with Crippen molar-refractivity contribution in [1.82, 2.24) is 20.3 Å². The average Bonchev–Trinajstić information content (AvgIpc) is 3.61. The highest BCUT2D eigenvalue weighted by atomic mass is 19.3. The molecule has 1 saturated carbocycles. The van der Waals surface area contributed by atoms with Crippen LogP contribution in [0.1, 0.15) is 68.2 Å². The number of aromatic nitrogens is 3. The van der Waals surface area contributed by atoms with E-state index < -0.39 is 24.7 Å². The third kappa shape index (κ3) is 8.10. The number of hydrogen-bond acceptors (Lipinski definition) is 9. The molecule has 214 valence electrons. The molecule has 4 rings (SSSR count). The highest BCUT2D eigenvalue weighted by Gasteiger charge is 2.33. The fourth-order valence-corrected chi connectivity index (χ4v) is 3.82. The lowest BCUT2D eigenvalue weighted by Gasteiger charge is -2.24. The summed E-state index contributed by atoms with van der Waals surface area (Å²) in [6.07, 6.45) is 3.23. The molecule has 0 radical (unpaired) electrons. The number of carbonyl (C=O) groups is 2. The van der Waals surface area contributed by atoms with E-state index in [1.165, 1.54) is 18.2 Å². The van der Waals surface area contributed by atoms with Gasteiger partial charge in [-0.2, -0.15) is 8.78 Å². The summed E-state index contributed by atoms with van der Waals surface area (Å²) in [6.45, 7) is 3.05. The lowest BCUT2D eigenvalue weighted by Crippen LogP contribution is -2.27. The van der Waals surface area contributed by atoms with E-state index in [2.05, 4.69) is 25.0 Å². The second-order valence-electron chi connectivity index (χ2n) is 10.6. The Balaban J connectivity index is 1.71.